The zero-order valence-electron chi connectivity index (χ0n) is 32.2. The molecule has 0 unspecified atom stereocenters. The number of nitrogens with zero attached hydrogens (tertiary/aromatic N) is 2. The lowest BCUT2D eigenvalue weighted by atomic mass is 9.93. The Balaban J connectivity index is 1.03. The van der Waals surface area contributed by atoms with Gasteiger partial charge < -0.3 is 4.57 Å². The molecule has 0 radical (unpaired) electrons. The van der Waals surface area contributed by atoms with Gasteiger partial charge in [-0.2, -0.15) is 0 Å². The van der Waals surface area contributed by atoms with Gasteiger partial charge in [0, 0.05) is 79.8 Å². The summed E-state index contributed by atoms with van der Waals surface area (Å²) in [5.41, 5.74) is 9.11. The second-order valence-corrected chi connectivity index (χ2v) is 17.9. The third-order valence-electron chi connectivity index (χ3n) is 12.6. The van der Waals surface area contributed by atoms with Crippen molar-refractivity contribution in [1.82, 2.24) is 9.55 Å². The number of aromatic nitrogens is 2. The van der Waals surface area contributed by atoms with Gasteiger partial charge in [-0.05, 0) is 117 Å². The van der Waals surface area contributed by atoms with Crippen molar-refractivity contribution in [2.45, 2.75) is 13.5 Å². The largest absolute Gasteiger partial charge is 0.341 e. The van der Waals surface area contributed by atoms with Gasteiger partial charge in [-0.25, -0.2) is 4.98 Å². The van der Waals surface area contributed by atoms with E-state index >= 15 is 0 Å². The van der Waals surface area contributed by atoms with Crippen molar-refractivity contribution in [3.05, 3.63) is 176 Å². The standard InChI is InChI=1S/C55H34N2S2/c1-2-57-50-17-9-7-15-40(50)45-25-32(20-23-51(45)57)35-27-48(56-49(28-35)34-19-22-42-41-16-8-10-18-52(41)58-54(42)29-34)33-21-24-53-46(26-33)47-30-43-38-13-5-3-11-36(38)37-12-4-6-14-39(37)44(43)31-55(47)59-53/h3-31H,2H2,1H3. The fourth-order valence-electron chi connectivity index (χ4n) is 9.79. The normalized spacial score (nSPS) is 12.2. The van der Waals surface area contributed by atoms with Crippen LogP contribution in [0.25, 0.3) is 128 Å². The smallest absolute Gasteiger partial charge is 0.0716 e. The van der Waals surface area contributed by atoms with E-state index in [0.717, 1.165) is 34.6 Å². The molecule has 13 aromatic rings. The number of benzene rings is 9. The van der Waals surface area contributed by atoms with Gasteiger partial charge in [0.15, 0.2) is 0 Å². The van der Waals surface area contributed by atoms with Crippen molar-refractivity contribution in [1.29, 1.82) is 0 Å². The maximum atomic E-state index is 5.49. The average Bonchev–Trinajstić information content (AvgIpc) is 3.96. The molecule has 0 spiro atoms. The fourth-order valence-corrected chi connectivity index (χ4v) is 12.0. The lowest BCUT2D eigenvalue weighted by Gasteiger charge is -2.12. The number of rotatable bonds is 4. The summed E-state index contributed by atoms with van der Waals surface area (Å²) < 4.78 is 7.62. The highest BCUT2D eigenvalue weighted by Crippen LogP contribution is 2.44. The third-order valence-corrected chi connectivity index (χ3v) is 14.8. The van der Waals surface area contributed by atoms with Gasteiger partial charge in [-0.3, -0.25) is 0 Å². The second kappa shape index (κ2) is 12.6. The summed E-state index contributed by atoms with van der Waals surface area (Å²) >= 11 is 3.74. The Hall–Kier alpha value is -6.85. The molecule has 13 rings (SSSR count). The summed E-state index contributed by atoms with van der Waals surface area (Å²) in [7, 11) is 0. The van der Waals surface area contributed by atoms with Crippen LogP contribution < -0.4 is 0 Å². The molecule has 9 aromatic carbocycles. The van der Waals surface area contributed by atoms with E-state index in [1.807, 2.05) is 22.7 Å². The van der Waals surface area contributed by atoms with Crippen LogP contribution in [0.1, 0.15) is 6.92 Å². The van der Waals surface area contributed by atoms with Crippen molar-refractivity contribution >= 4 is 117 Å². The zero-order chi connectivity index (χ0) is 38.8. The molecule has 276 valence electrons. The summed E-state index contributed by atoms with van der Waals surface area (Å²) in [4.78, 5) is 5.49. The maximum absolute atomic E-state index is 5.49. The quantitative estimate of drug-likeness (QED) is 0.163. The molecule has 0 amide bonds. The zero-order valence-corrected chi connectivity index (χ0v) is 33.8. The van der Waals surface area contributed by atoms with Crippen LogP contribution in [0.5, 0.6) is 0 Å². The van der Waals surface area contributed by atoms with Gasteiger partial charge in [0.2, 0.25) is 0 Å². The molecule has 0 saturated carbocycles. The third kappa shape index (κ3) is 4.94. The number of para-hydroxylation sites is 1. The maximum Gasteiger partial charge on any atom is 0.0716 e. The van der Waals surface area contributed by atoms with E-state index in [4.69, 9.17) is 4.98 Å². The molecule has 4 aromatic heterocycles. The highest BCUT2D eigenvalue weighted by atomic mass is 32.1. The minimum absolute atomic E-state index is 0.926. The van der Waals surface area contributed by atoms with Crippen LogP contribution >= 0.6 is 22.7 Å². The van der Waals surface area contributed by atoms with Crippen LogP contribution in [0, 0.1) is 0 Å². The van der Waals surface area contributed by atoms with Crippen molar-refractivity contribution < 1.29 is 0 Å². The Labute approximate surface area is 347 Å². The SMILES string of the molecule is CCn1c2ccccc2c2cc(-c3cc(-c4ccc5c(c4)sc4ccccc45)nc(-c4ccc5sc6cc7c8ccccc8c8ccccc8c7cc6c5c4)c3)ccc21. The van der Waals surface area contributed by atoms with Gasteiger partial charge in [-0.15, -0.1) is 22.7 Å². The number of hydrogen-bond acceptors (Lipinski definition) is 3. The van der Waals surface area contributed by atoms with Crippen LogP contribution in [0.15, 0.2) is 176 Å². The molecule has 59 heavy (non-hydrogen) atoms. The Morgan fingerprint density at radius 3 is 1.59 bits per heavy atom. The number of fused-ring (bicyclic) bond motifs is 15. The van der Waals surface area contributed by atoms with Gasteiger partial charge in [-0.1, -0.05) is 109 Å². The van der Waals surface area contributed by atoms with E-state index in [2.05, 4.69) is 187 Å². The second-order valence-electron chi connectivity index (χ2n) is 15.7. The molecule has 2 nitrogen and oxygen atoms in total. The predicted octanol–water partition coefficient (Wildman–Crippen LogP) is 16.4. The van der Waals surface area contributed by atoms with Crippen molar-refractivity contribution in [2.75, 3.05) is 0 Å². The molecule has 0 bridgehead atoms. The van der Waals surface area contributed by atoms with E-state index in [1.165, 1.54) is 100 Å². The summed E-state index contributed by atoms with van der Waals surface area (Å²) in [6.45, 7) is 3.16. The van der Waals surface area contributed by atoms with Crippen molar-refractivity contribution in [3.63, 3.8) is 0 Å². The van der Waals surface area contributed by atoms with Crippen molar-refractivity contribution in [3.8, 4) is 33.6 Å². The van der Waals surface area contributed by atoms with Crippen LogP contribution in [0.4, 0.5) is 0 Å². The van der Waals surface area contributed by atoms with Crippen LogP contribution in [0.3, 0.4) is 0 Å². The summed E-state index contributed by atoms with van der Waals surface area (Å²) in [6, 6.07) is 65.5. The first-order chi connectivity index (χ1) is 29.2. The number of hydrogen-bond donors (Lipinski definition) is 0. The summed E-state index contributed by atoms with van der Waals surface area (Å²) in [6.07, 6.45) is 0. The molecule has 4 heterocycles. The first-order valence-electron chi connectivity index (χ1n) is 20.3. The molecule has 0 fully saturated rings. The topological polar surface area (TPSA) is 17.8 Å². The highest BCUT2D eigenvalue weighted by Gasteiger charge is 2.17. The predicted molar refractivity (Wildman–Crippen MR) is 258 cm³/mol. The summed E-state index contributed by atoms with van der Waals surface area (Å²) in [5, 5.41) is 15.6. The monoisotopic (exact) mass is 786 g/mol. The lowest BCUT2D eigenvalue weighted by Crippen LogP contribution is -1.93. The molecule has 0 N–H and O–H groups in total. The van der Waals surface area contributed by atoms with Crippen LogP contribution in [-0.4, -0.2) is 9.55 Å². The molecule has 0 saturated heterocycles. The molecule has 0 atom stereocenters. The molecule has 0 aliphatic carbocycles. The number of thiophene rings is 2. The van der Waals surface area contributed by atoms with Gasteiger partial charge >= 0.3 is 0 Å². The molecule has 0 aliphatic heterocycles. The van der Waals surface area contributed by atoms with E-state index in [9.17, 15) is 0 Å². The molecule has 0 aliphatic rings. The number of pyridine rings is 1. The van der Waals surface area contributed by atoms with Crippen molar-refractivity contribution in [2.24, 2.45) is 0 Å². The average molecular weight is 787 g/mol. The lowest BCUT2D eigenvalue weighted by molar-refractivity contribution is 0.827. The minimum Gasteiger partial charge on any atom is -0.341 e. The first kappa shape index (κ1) is 33.2. The van der Waals surface area contributed by atoms with Crippen LogP contribution in [-0.2, 0) is 6.54 Å². The Kier molecular flexibility index (Phi) is 7.07. The first-order valence-corrected chi connectivity index (χ1v) is 22.0. The fraction of sp³-hybridized carbons (Fsp3) is 0.0364. The van der Waals surface area contributed by atoms with Crippen LogP contribution in [0.2, 0.25) is 0 Å². The highest BCUT2D eigenvalue weighted by molar-refractivity contribution is 7.26. The van der Waals surface area contributed by atoms with E-state index in [1.54, 1.807) is 0 Å². The van der Waals surface area contributed by atoms with E-state index in [-0.39, 0.29) is 0 Å². The molecular weight excluding hydrogens is 753 g/mol. The van der Waals surface area contributed by atoms with E-state index < -0.39 is 0 Å². The molecule has 4 heteroatoms. The van der Waals surface area contributed by atoms with Gasteiger partial charge in [0.25, 0.3) is 0 Å². The molecular formula is C55H34N2S2. The van der Waals surface area contributed by atoms with Gasteiger partial charge in [0.1, 0.15) is 0 Å². The van der Waals surface area contributed by atoms with E-state index in [0.29, 0.717) is 0 Å². The van der Waals surface area contributed by atoms with Gasteiger partial charge in [0.05, 0.1) is 11.4 Å². The Morgan fingerprint density at radius 1 is 0.339 bits per heavy atom. The Bertz CT molecular complexity index is 3900. The number of aryl methyl sites for hydroxylation is 1. The summed E-state index contributed by atoms with van der Waals surface area (Å²) in [5.74, 6) is 0. The minimum atomic E-state index is 0.926. The Morgan fingerprint density at radius 2 is 0.847 bits per heavy atom.